The maximum absolute atomic E-state index is 12.4. The SMILES string of the molecule is O=C(CSc1nnc2scc(-c3ccccc3)n12)Nc1nc(-c2ccccc2)ns1. The van der Waals surface area contributed by atoms with E-state index in [2.05, 4.69) is 30.3 Å². The van der Waals surface area contributed by atoms with E-state index in [-0.39, 0.29) is 11.7 Å². The molecule has 5 aromatic rings. The number of aromatic nitrogens is 5. The molecular formula is C20H14N6OS3. The van der Waals surface area contributed by atoms with Gasteiger partial charge in [-0.3, -0.25) is 14.5 Å². The Morgan fingerprint density at radius 3 is 2.50 bits per heavy atom. The Balaban J connectivity index is 1.28. The minimum atomic E-state index is -0.163. The highest BCUT2D eigenvalue weighted by Crippen LogP contribution is 2.30. The quantitative estimate of drug-likeness (QED) is 0.377. The number of amides is 1. The van der Waals surface area contributed by atoms with Gasteiger partial charge in [0.1, 0.15) is 0 Å². The van der Waals surface area contributed by atoms with Crippen LogP contribution in [0.25, 0.3) is 27.6 Å². The highest BCUT2D eigenvalue weighted by molar-refractivity contribution is 7.99. The molecule has 0 spiro atoms. The lowest BCUT2D eigenvalue weighted by Gasteiger charge is -2.03. The van der Waals surface area contributed by atoms with Crippen molar-refractivity contribution in [3.05, 3.63) is 66.0 Å². The van der Waals surface area contributed by atoms with Crippen molar-refractivity contribution in [1.82, 2.24) is 24.0 Å². The lowest BCUT2D eigenvalue weighted by atomic mass is 10.2. The van der Waals surface area contributed by atoms with Crippen LogP contribution in [0.5, 0.6) is 0 Å². The summed E-state index contributed by atoms with van der Waals surface area (Å²) in [5.74, 6) is 0.642. The van der Waals surface area contributed by atoms with Gasteiger partial charge in [-0.25, -0.2) is 0 Å². The molecule has 1 N–H and O–H groups in total. The molecule has 0 saturated heterocycles. The van der Waals surface area contributed by atoms with Crippen LogP contribution in [0.1, 0.15) is 0 Å². The van der Waals surface area contributed by atoms with Crippen LogP contribution in [0.3, 0.4) is 0 Å². The minimum absolute atomic E-state index is 0.163. The molecule has 3 heterocycles. The van der Waals surface area contributed by atoms with Crippen LogP contribution >= 0.6 is 34.6 Å². The van der Waals surface area contributed by atoms with Crippen molar-refractivity contribution in [2.75, 3.05) is 11.1 Å². The molecule has 3 aromatic heterocycles. The van der Waals surface area contributed by atoms with Gasteiger partial charge < -0.3 is 0 Å². The molecule has 1 amide bonds. The molecule has 0 aliphatic rings. The Bertz CT molecular complexity index is 1300. The average molecular weight is 451 g/mol. The lowest BCUT2D eigenvalue weighted by molar-refractivity contribution is -0.113. The molecule has 5 rings (SSSR count). The maximum Gasteiger partial charge on any atom is 0.236 e. The summed E-state index contributed by atoms with van der Waals surface area (Å²) in [5, 5.41) is 14.5. The smallest absolute Gasteiger partial charge is 0.236 e. The van der Waals surface area contributed by atoms with E-state index in [0.29, 0.717) is 16.1 Å². The number of fused-ring (bicyclic) bond motifs is 1. The maximum atomic E-state index is 12.4. The van der Waals surface area contributed by atoms with Crippen molar-refractivity contribution in [3.63, 3.8) is 0 Å². The second kappa shape index (κ2) is 8.34. The van der Waals surface area contributed by atoms with Gasteiger partial charge in [-0.15, -0.1) is 21.5 Å². The monoisotopic (exact) mass is 450 g/mol. The van der Waals surface area contributed by atoms with E-state index in [0.717, 1.165) is 21.8 Å². The molecule has 10 heteroatoms. The molecule has 0 aliphatic heterocycles. The molecule has 0 atom stereocenters. The first-order valence-electron chi connectivity index (χ1n) is 8.98. The number of hydrogen-bond donors (Lipinski definition) is 1. The van der Waals surface area contributed by atoms with Gasteiger partial charge in [0.05, 0.1) is 11.4 Å². The fourth-order valence-corrected chi connectivity index (χ4v) is 5.11. The van der Waals surface area contributed by atoms with Gasteiger partial charge >= 0.3 is 0 Å². The van der Waals surface area contributed by atoms with Gasteiger partial charge in [0.2, 0.25) is 16.0 Å². The molecule has 0 saturated carbocycles. The van der Waals surface area contributed by atoms with Gasteiger partial charge in [-0.1, -0.05) is 72.4 Å². The van der Waals surface area contributed by atoms with Crippen molar-refractivity contribution >= 4 is 50.6 Å². The number of thioether (sulfide) groups is 1. The third-order valence-electron chi connectivity index (χ3n) is 4.23. The van der Waals surface area contributed by atoms with Crippen LogP contribution in [0.4, 0.5) is 5.13 Å². The zero-order valence-corrected chi connectivity index (χ0v) is 17.9. The van der Waals surface area contributed by atoms with E-state index >= 15 is 0 Å². The molecule has 2 aromatic carbocycles. The van der Waals surface area contributed by atoms with E-state index in [1.54, 1.807) is 0 Å². The first-order chi connectivity index (χ1) is 14.8. The standard InChI is InChI=1S/C20H14N6OS3/c27-16(21-18-22-17(25-30-18)14-9-5-2-6-10-14)12-29-20-24-23-19-26(20)15(11-28-19)13-7-3-1-4-8-13/h1-11H,12H2,(H,21,22,25,27). The molecule has 30 heavy (non-hydrogen) atoms. The zero-order valence-electron chi connectivity index (χ0n) is 15.4. The van der Waals surface area contributed by atoms with E-state index < -0.39 is 0 Å². The summed E-state index contributed by atoms with van der Waals surface area (Å²) in [5.41, 5.74) is 3.01. The van der Waals surface area contributed by atoms with Gasteiger partial charge in [0, 0.05) is 22.5 Å². The third-order valence-corrected chi connectivity index (χ3v) is 6.60. The van der Waals surface area contributed by atoms with Crippen molar-refractivity contribution in [2.24, 2.45) is 0 Å². The van der Waals surface area contributed by atoms with Gasteiger partial charge in [0.25, 0.3) is 0 Å². The summed E-state index contributed by atoms with van der Waals surface area (Å²) in [4.78, 5) is 17.6. The Labute approximate surface area is 184 Å². The van der Waals surface area contributed by atoms with Crippen molar-refractivity contribution in [3.8, 4) is 22.6 Å². The summed E-state index contributed by atoms with van der Waals surface area (Å²) in [7, 11) is 0. The summed E-state index contributed by atoms with van der Waals surface area (Å²) in [6.45, 7) is 0. The molecule has 0 unspecified atom stereocenters. The molecule has 148 valence electrons. The zero-order chi connectivity index (χ0) is 20.3. The molecule has 0 bridgehead atoms. The molecular weight excluding hydrogens is 436 g/mol. The number of carbonyl (C=O) groups is 1. The number of nitrogens with one attached hydrogen (secondary N) is 1. The van der Waals surface area contributed by atoms with Crippen LogP contribution in [0.2, 0.25) is 0 Å². The van der Waals surface area contributed by atoms with E-state index in [1.165, 1.54) is 34.6 Å². The third kappa shape index (κ3) is 3.84. The molecule has 0 radical (unpaired) electrons. The normalized spacial score (nSPS) is 11.1. The van der Waals surface area contributed by atoms with Gasteiger partial charge in [0.15, 0.2) is 11.0 Å². The number of anilines is 1. The summed E-state index contributed by atoms with van der Waals surface area (Å²) >= 11 is 4.03. The van der Waals surface area contributed by atoms with E-state index in [4.69, 9.17) is 0 Å². The number of benzene rings is 2. The number of nitrogens with zero attached hydrogens (tertiary/aromatic N) is 5. The fourth-order valence-electron chi connectivity index (χ4n) is 2.86. The second-order valence-corrected chi connectivity index (χ2v) is 8.74. The van der Waals surface area contributed by atoms with Crippen LogP contribution < -0.4 is 5.32 Å². The summed E-state index contributed by atoms with van der Waals surface area (Å²) in [6.07, 6.45) is 0. The van der Waals surface area contributed by atoms with Crippen LogP contribution in [0.15, 0.2) is 71.2 Å². The van der Waals surface area contributed by atoms with Gasteiger partial charge in [-0.2, -0.15) is 9.36 Å². The first kappa shape index (κ1) is 18.9. The molecule has 0 fully saturated rings. The van der Waals surface area contributed by atoms with Crippen LogP contribution in [-0.4, -0.2) is 35.6 Å². The average Bonchev–Trinajstić information content (AvgIpc) is 3.51. The highest BCUT2D eigenvalue weighted by atomic mass is 32.2. The number of rotatable bonds is 6. The fraction of sp³-hybridized carbons (Fsp3) is 0.0500. The lowest BCUT2D eigenvalue weighted by Crippen LogP contribution is -2.14. The summed E-state index contributed by atoms with van der Waals surface area (Å²) < 4.78 is 6.30. The van der Waals surface area contributed by atoms with Crippen molar-refractivity contribution < 1.29 is 4.79 Å². The number of thiazole rings is 1. The molecule has 0 aliphatic carbocycles. The van der Waals surface area contributed by atoms with E-state index in [1.807, 2.05) is 65.1 Å². The van der Waals surface area contributed by atoms with Crippen LogP contribution in [-0.2, 0) is 4.79 Å². The van der Waals surface area contributed by atoms with E-state index in [9.17, 15) is 4.79 Å². The Morgan fingerprint density at radius 2 is 1.73 bits per heavy atom. The van der Waals surface area contributed by atoms with Crippen molar-refractivity contribution in [1.29, 1.82) is 0 Å². The predicted molar refractivity (Wildman–Crippen MR) is 121 cm³/mol. The predicted octanol–water partition coefficient (Wildman–Crippen LogP) is 4.71. The first-order valence-corrected chi connectivity index (χ1v) is 11.6. The Hall–Kier alpha value is -3.08. The molecule has 7 nitrogen and oxygen atoms in total. The number of carbonyl (C=O) groups excluding carboxylic acids is 1. The topological polar surface area (TPSA) is 85.1 Å². The van der Waals surface area contributed by atoms with Crippen molar-refractivity contribution in [2.45, 2.75) is 5.16 Å². The second-order valence-electron chi connectivity index (χ2n) is 6.21. The Kier molecular flexibility index (Phi) is 5.26. The number of hydrogen-bond acceptors (Lipinski definition) is 8. The van der Waals surface area contributed by atoms with Gasteiger partial charge in [-0.05, 0) is 5.56 Å². The van der Waals surface area contributed by atoms with Crippen LogP contribution in [0, 0.1) is 0 Å². The largest absolute Gasteiger partial charge is 0.300 e. The summed E-state index contributed by atoms with van der Waals surface area (Å²) in [6, 6.07) is 19.7. The highest BCUT2D eigenvalue weighted by Gasteiger charge is 2.16. The minimum Gasteiger partial charge on any atom is -0.300 e. The Morgan fingerprint density at radius 1 is 1.00 bits per heavy atom.